The molecule has 0 saturated heterocycles. The normalized spacial score (nSPS) is 10.6. The summed E-state index contributed by atoms with van der Waals surface area (Å²) < 4.78 is 0. The molecule has 3 aromatic carbocycles. The second-order valence-electron chi connectivity index (χ2n) is 6.10. The Bertz CT molecular complexity index is 1130. The number of aromatic nitrogens is 1. The highest BCUT2D eigenvalue weighted by molar-refractivity contribution is 7.14. The predicted octanol–water partition coefficient (Wildman–Crippen LogP) is 6.09. The summed E-state index contributed by atoms with van der Waals surface area (Å²) in [5, 5.41) is 15.3. The molecule has 4 nitrogen and oxygen atoms in total. The molecule has 0 aliphatic rings. The molecule has 0 radical (unpaired) electrons. The van der Waals surface area contributed by atoms with Gasteiger partial charge in [-0.25, -0.2) is 4.98 Å². The Balaban J connectivity index is 1.51. The van der Waals surface area contributed by atoms with Crippen LogP contribution in [-0.2, 0) is 0 Å². The lowest BCUT2D eigenvalue weighted by atomic mass is 10.0. The predicted molar refractivity (Wildman–Crippen MR) is 114 cm³/mol. The number of carbonyl (C=O) groups is 1. The second-order valence-corrected chi connectivity index (χ2v) is 7.39. The van der Waals surface area contributed by atoms with Crippen LogP contribution in [0.1, 0.15) is 10.4 Å². The summed E-state index contributed by atoms with van der Waals surface area (Å²) in [6.07, 6.45) is 0. The zero-order valence-corrected chi connectivity index (χ0v) is 16.2. The molecule has 1 aromatic heterocycles. The number of nitrogens with zero attached hydrogens (tertiary/aromatic N) is 1. The molecule has 0 atom stereocenters. The van der Waals surface area contributed by atoms with Crippen LogP contribution in [0.15, 0.2) is 78.2 Å². The molecule has 0 aliphatic heterocycles. The molecule has 0 unspecified atom stereocenters. The zero-order chi connectivity index (χ0) is 19.5. The third kappa shape index (κ3) is 3.91. The van der Waals surface area contributed by atoms with Gasteiger partial charge in [-0.05, 0) is 29.3 Å². The average molecular weight is 407 g/mol. The van der Waals surface area contributed by atoms with Crippen molar-refractivity contribution in [3.8, 4) is 28.1 Å². The third-order valence-electron chi connectivity index (χ3n) is 4.22. The maximum atomic E-state index is 12.4. The summed E-state index contributed by atoms with van der Waals surface area (Å²) in [6, 6.07) is 22.6. The van der Waals surface area contributed by atoms with Gasteiger partial charge >= 0.3 is 0 Å². The van der Waals surface area contributed by atoms with Gasteiger partial charge in [0.05, 0.1) is 11.3 Å². The van der Waals surface area contributed by atoms with E-state index >= 15 is 0 Å². The molecule has 0 saturated carbocycles. The highest BCUT2D eigenvalue weighted by Crippen LogP contribution is 2.29. The van der Waals surface area contributed by atoms with Crippen LogP contribution in [0.5, 0.6) is 5.75 Å². The average Bonchev–Trinajstić information content (AvgIpc) is 3.19. The fourth-order valence-corrected chi connectivity index (χ4v) is 3.67. The van der Waals surface area contributed by atoms with Crippen molar-refractivity contribution < 1.29 is 9.90 Å². The van der Waals surface area contributed by atoms with Gasteiger partial charge in [0.2, 0.25) is 0 Å². The van der Waals surface area contributed by atoms with Crippen molar-refractivity contribution in [2.75, 3.05) is 5.32 Å². The summed E-state index contributed by atoms with van der Waals surface area (Å²) in [5.74, 6) is -0.587. The number of benzene rings is 3. The van der Waals surface area contributed by atoms with E-state index in [-0.39, 0.29) is 11.3 Å². The number of thiazole rings is 1. The van der Waals surface area contributed by atoms with E-state index in [1.165, 1.54) is 29.5 Å². The molecule has 1 amide bonds. The van der Waals surface area contributed by atoms with Crippen molar-refractivity contribution in [1.29, 1.82) is 0 Å². The first-order chi connectivity index (χ1) is 13.6. The number of phenolic OH excluding ortho intramolecular Hbond substituents is 1. The van der Waals surface area contributed by atoms with E-state index in [0.717, 1.165) is 22.4 Å². The van der Waals surface area contributed by atoms with Gasteiger partial charge in [0, 0.05) is 16.0 Å². The van der Waals surface area contributed by atoms with Gasteiger partial charge in [-0.1, -0.05) is 66.2 Å². The van der Waals surface area contributed by atoms with Crippen LogP contribution in [0.25, 0.3) is 22.4 Å². The van der Waals surface area contributed by atoms with Crippen molar-refractivity contribution in [1.82, 2.24) is 4.98 Å². The van der Waals surface area contributed by atoms with Crippen LogP contribution < -0.4 is 5.32 Å². The molecule has 6 heteroatoms. The number of amides is 1. The highest BCUT2D eigenvalue weighted by atomic mass is 35.5. The molecular formula is C22H15ClN2O2S. The maximum absolute atomic E-state index is 12.4. The van der Waals surface area contributed by atoms with Crippen molar-refractivity contribution in [3.63, 3.8) is 0 Å². The Morgan fingerprint density at radius 1 is 0.929 bits per heavy atom. The van der Waals surface area contributed by atoms with E-state index in [1.807, 2.05) is 47.8 Å². The van der Waals surface area contributed by atoms with E-state index < -0.39 is 5.91 Å². The fourth-order valence-electron chi connectivity index (χ4n) is 2.78. The molecule has 0 fully saturated rings. The molecule has 138 valence electrons. The smallest absolute Gasteiger partial charge is 0.261 e. The number of hydrogen-bond donors (Lipinski definition) is 2. The number of phenols is 1. The number of carbonyl (C=O) groups excluding carboxylic acids is 1. The summed E-state index contributed by atoms with van der Waals surface area (Å²) in [6.45, 7) is 0. The minimum atomic E-state index is -0.458. The van der Waals surface area contributed by atoms with Crippen LogP contribution >= 0.6 is 22.9 Å². The second kappa shape index (κ2) is 7.84. The number of aromatic hydroxyl groups is 1. The Morgan fingerprint density at radius 3 is 2.36 bits per heavy atom. The van der Waals surface area contributed by atoms with Gasteiger partial charge in [0.1, 0.15) is 5.75 Å². The van der Waals surface area contributed by atoms with Crippen LogP contribution in [0, 0.1) is 0 Å². The largest absolute Gasteiger partial charge is 0.507 e. The molecule has 28 heavy (non-hydrogen) atoms. The van der Waals surface area contributed by atoms with Gasteiger partial charge in [-0.15, -0.1) is 11.3 Å². The van der Waals surface area contributed by atoms with Crippen molar-refractivity contribution in [2.45, 2.75) is 0 Å². The molecule has 0 spiro atoms. The first kappa shape index (κ1) is 18.2. The zero-order valence-electron chi connectivity index (χ0n) is 14.6. The summed E-state index contributed by atoms with van der Waals surface area (Å²) in [5.41, 5.74) is 4.12. The van der Waals surface area contributed by atoms with Gasteiger partial charge in [0.15, 0.2) is 5.13 Å². The molecule has 4 aromatic rings. The number of halogens is 1. The first-order valence-electron chi connectivity index (χ1n) is 8.51. The van der Waals surface area contributed by atoms with Gasteiger partial charge < -0.3 is 5.11 Å². The van der Waals surface area contributed by atoms with Crippen molar-refractivity contribution in [2.24, 2.45) is 0 Å². The minimum absolute atomic E-state index is 0.108. The van der Waals surface area contributed by atoms with Gasteiger partial charge in [-0.3, -0.25) is 10.1 Å². The van der Waals surface area contributed by atoms with Crippen LogP contribution in [0.4, 0.5) is 5.13 Å². The standard InChI is InChI=1S/C22H15ClN2O2S/c23-17-10-11-20(26)18(12-17)21(27)25-22-24-19(13-28-22)16-8-6-15(7-9-16)14-4-2-1-3-5-14/h1-13,26H,(H,24,25,27). The molecule has 2 N–H and O–H groups in total. The molecular weight excluding hydrogens is 392 g/mol. The van der Waals surface area contributed by atoms with E-state index in [2.05, 4.69) is 22.4 Å². The molecule has 4 rings (SSSR count). The van der Waals surface area contributed by atoms with Gasteiger partial charge in [0.25, 0.3) is 5.91 Å². The molecule has 0 aliphatic carbocycles. The highest BCUT2D eigenvalue weighted by Gasteiger charge is 2.14. The lowest BCUT2D eigenvalue weighted by Crippen LogP contribution is -2.11. The molecule has 0 bridgehead atoms. The third-order valence-corrected chi connectivity index (χ3v) is 5.21. The molecule has 1 heterocycles. The number of nitrogens with one attached hydrogen (secondary N) is 1. The fraction of sp³-hybridized carbons (Fsp3) is 0. The van der Waals surface area contributed by atoms with E-state index in [0.29, 0.717) is 10.2 Å². The number of rotatable bonds is 4. The topological polar surface area (TPSA) is 62.2 Å². The van der Waals surface area contributed by atoms with Crippen LogP contribution in [-0.4, -0.2) is 16.0 Å². The van der Waals surface area contributed by atoms with E-state index in [1.54, 1.807) is 0 Å². The SMILES string of the molecule is O=C(Nc1nc(-c2ccc(-c3ccccc3)cc2)cs1)c1cc(Cl)ccc1O. The number of anilines is 1. The van der Waals surface area contributed by atoms with Crippen LogP contribution in [0.2, 0.25) is 5.02 Å². The quantitative estimate of drug-likeness (QED) is 0.431. The lowest BCUT2D eigenvalue weighted by Gasteiger charge is -2.05. The van der Waals surface area contributed by atoms with E-state index in [4.69, 9.17) is 11.6 Å². The Hall–Kier alpha value is -3.15. The summed E-state index contributed by atoms with van der Waals surface area (Å²) in [4.78, 5) is 16.8. The monoisotopic (exact) mass is 406 g/mol. The maximum Gasteiger partial charge on any atom is 0.261 e. The van der Waals surface area contributed by atoms with Crippen molar-refractivity contribution >= 4 is 34.0 Å². The van der Waals surface area contributed by atoms with E-state index in [9.17, 15) is 9.90 Å². The van der Waals surface area contributed by atoms with Crippen LogP contribution in [0.3, 0.4) is 0 Å². The minimum Gasteiger partial charge on any atom is -0.507 e. The lowest BCUT2D eigenvalue weighted by molar-refractivity contribution is 0.102. The Morgan fingerprint density at radius 2 is 1.61 bits per heavy atom. The van der Waals surface area contributed by atoms with Gasteiger partial charge in [-0.2, -0.15) is 0 Å². The first-order valence-corrected chi connectivity index (χ1v) is 9.77. The number of hydrogen-bond acceptors (Lipinski definition) is 4. The van der Waals surface area contributed by atoms with Crippen molar-refractivity contribution in [3.05, 3.63) is 88.8 Å². The summed E-state index contributed by atoms with van der Waals surface area (Å²) >= 11 is 7.22. The Kier molecular flexibility index (Phi) is 5.10. The Labute approximate surface area is 171 Å². The summed E-state index contributed by atoms with van der Waals surface area (Å²) in [7, 11) is 0.